The minimum absolute atomic E-state index is 0.118. The predicted octanol–water partition coefficient (Wildman–Crippen LogP) is 4.31. The molecule has 0 heterocycles. The zero-order valence-electron chi connectivity index (χ0n) is 13.6. The van der Waals surface area contributed by atoms with Crippen molar-refractivity contribution >= 4 is 0 Å². The molecule has 1 aromatic carbocycles. The van der Waals surface area contributed by atoms with Crippen molar-refractivity contribution in [1.29, 1.82) is 0 Å². The van der Waals surface area contributed by atoms with Crippen LogP contribution in [0.15, 0.2) is 18.2 Å². The third-order valence-electron chi connectivity index (χ3n) is 3.17. The second-order valence-corrected chi connectivity index (χ2v) is 7.29. The van der Waals surface area contributed by atoms with Crippen LogP contribution in [0.25, 0.3) is 0 Å². The Morgan fingerprint density at radius 2 is 1.74 bits per heavy atom. The summed E-state index contributed by atoms with van der Waals surface area (Å²) in [6.45, 7) is 14.3. The first-order valence-electron chi connectivity index (χ1n) is 7.01. The third kappa shape index (κ3) is 5.65. The van der Waals surface area contributed by atoms with Gasteiger partial charge >= 0.3 is 0 Å². The largest absolute Gasteiger partial charge is 0.496 e. The minimum atomic E-state index is 0.118. The number of rotatable bonds is 5. The topological polar surface area (TPSA) is 21.3 Å². The first kappa shape index (κ1) is 16.0. The van der Waals surface area contributed by atoms with Crippen LogP contribution < -0.4 is 10.1 Å². The number of nitrogens with one attached hydrogen (secondary N) is 1. The summed E-state index contributed by atoms with van der Waals surface area (Å²) in [4.78, 5) is 0. The van der Waals surface area contributed by atoms with Crippen LogP contribution in [0.3, 0.4) is 0 Å². The lowest BCUT2D eigenvalue weighted by Crippen LogP contribution is -2.41. The van der Waals surface area contributed by atoms with E-state index in [1.54, 1.807) is 7.11 Å². The van der Waals surface area contributed by atoms with E-state index in [0.717, 1.165) is 18.7 Å². The molecule has 0 radical (unpaired) electrons. The molecule has 0 atom stereocenters. The van der Waals surface area contributed by atoms with Gasteiger partial charge < -0.3 is 10.1 Å². The molecular formula is C17H29NO. The second kappa shape index (κ2) is 5.96. The van der Waals surface area contributed by atoms with Gasteiger partial charge in [0.2, 0.25) is 0 Å². The van der Waals surface area contributed by atoms with Crippen molar-refractivity contribution in [3.8, 4) is 5.75 Å². The molecule has 1 rings (SSSR count). The van der Waals surface area contributed by atoms with Crippen LogP contribution in [0, 0.1) is 12.3 Å². The average molecular weight is 263 g/mol. The normalized spacial score (nSPS) is 12.6. The lowest BCUT2D eigenvalue weighted by molar-refractivity contribution is 0.240. The van der Waals surface area contributed by atoms with E-state index in [0.29, 0.717) is 5.41 Å². The van der Waals surface area contributed by atoms with E-state index in [-0.39, 0.29) is 5.54 Å². The number of hydrogen-bond acceptors (Lipinski definition) is 2. The lowest BCUT2D eigenvalue weighted by Gasteiger charge is -2.33. The Morgan fingerprint density at radius 1 is 1.11 bits per heavy atom. The van der Waals surface area contributed by atoms with Crippen LogP contribution in [0.5, 0.6) is 5.75 Å². The zero-order chi connectivity index (χ0) is 14.7. The summed E-state index contributed by atoms with van der Waals surface area (Å²) in [6.07, 6.45) is 1.13. The minimum Gasteiger partial charge on any atom is -0.496 e. The molecule has 0 unspecified atom stereocenters. The molecule has 19 heavy (non-hydrogen) atoms. The van der Waals surface area contributed by atoms with Gasteiger partial charge in [0, 0.05) is 17.6 Å². The van der Waals surface area contributed by atoms with E-state index >= 15 is 0 Å². The molecule has 0 amide bonds. The summed E-state index contributed by atoms with van der Waals surface area (Å²) in [5.41, 5.74) is 2.94. The van der Waals surface area contributed by atoms with E-state index in [9.17, 15) is 0 Å². The van der Waals surface area contributed by atoms with Gasteiger partial charge in [-0.25, -0.2) is 0 Å². The Bertz CT molecular complexity index is 416. The van der Waals surface area contributed by atoms with Crippen LogP contribution in [0.2, 0.25) is 0 Å². The van der Waals surface area contributed by atoms with Gasteiger partial charge in [-0.1, -0.05) is 38.5 Å². The van der Waals surface area contributed by atoms with Gasteiger partial charge in [0.05, 0.1) is 7.11 Å². The quantitative estimate of drug-likeness (QED) is 0.855. The van der Waals surface area contributed by atoms with E-state index in [4.69, 9.17) is 4.74 Å². The Morgan fingerprint density at radius 3 is 2.26 bits per heavy atom. The monoisotopic (exact) mass is 263 g/mol. The summed E-state index contributed by atoms with van der Waals surface area (Å²) in [5.74, 6) is 0.963. The second-order valence-electron chi connectivity index (χ2n) is 7.29. The molecular weight excluding hydrogens is 234 g/mol. The highest BCUT2D eigenvalue weighted by Gasteiger charge is 2.25. The van der Waals surface area contributed by atoms with Crippen LogP contribution >= 0.6 is 0 Å². The van der Waals surface area contributed by atoms with Crippen molar-refractivity contribution in [2.75, 3.05) is 7.11 Å². The van der Waals surface area contributed by atoms with Gasteiger partial charge in [0.15, 0.2) is 0 Å². The van der Waals surface area contributed by atoms with Gasteiger partial charge in [-0.15, -0.1) is 0 Å². The molecule has 108 valence electrons. The Kier molecular flexibility index (Phi) is 5.03. The number of hydrogen-bond donors (Lipinski definition) is 1. The maximum atomic E-state index is 5.43. The molecule has 0 spiro atoms. The number of aryl methyl sites for hydroxylation is 1. The molecule has 0 bridgehead atoms. The Hall–Kier alpha value is -1.02. The fourth-order valence-electron chi connectivity index (χ4n) is 2.77. The molecule has 1 aromatic rings. The van der Waals surface area contributed by atoms with Crippen LogP contribution in [-0.2, 0) is 6.54 Å². The summed E-state index contributed by atoms with van der Waals surface area (Å²) >= 11 is 0. The van der Waals surface area contributed by atoms with E-state index in [2.05, 4.69) is 59.0 Å². The number of benzene rings is 1. The standard InChI is InChI=1S/C17H29NO/c1-13-8-9-15(19-7)14(10-13)11-18-17(5,6)12-16(2,3)4/h8-10,18H,11-12H2,1-7H3. The molecule has 0 aliphatic rings. The molecule has 0 saturated heterocycles. The lowest BCUT2D eigenvalue weighted by atomic mass is 9.81. The van der Waals surface area contributed by atoms with E-state index < -0.39 is 0 Å². The van der Waals surface area contributed by atoms with Gasteiger partial charge in [0.25, 0.3) is 0 Å². The molecule has 0 aliphatic carbocycles. The highest BCUT2D eigenvalue weighted by Crippen LogP contribution is 2.28. The van der Waals surface area contributed by atoms with Crippen molar-refractivity contribution in [3.63, 3.8) is 0 Å². The molecule has 0 aromatic heterocycles. The van der Waals surface area contributed by atoms with Gasteiger partial charge in [0.1, 0.15) is 5.75 Å². The molecule has 0 saturated carbocycles. The van der Waals surface area contributed by atoms with Gasteiger partial charge in [-0.05, 0) is 38.7 Å². The SMILES string of the molecule is COc1ccc(C)cc1CNC(C)(C)CC(C)(C)C. The summed E-state index contributed by atoms with van der Waals surface area (Å²) in [6, 6.07) is 6.32. The van der Waals surface area contributed by atoms with Crippen LogP contribution in [-0.4, -0.2) is 12.6 Å². The van der Waals surface area contributed by atoms with Gasteiger partial charge in [-0.2, -0.15) is 0 Å². The number of ether oxygens (including phenoxy) is 1. The summed E-state index contributed by atoms with van der Waals surface area (Å²) in [7, 11) is 1.73. The van der Waals surface area contributed by atoms with E-state index in [1.807, 2.05) is 6.07 Å². The van der Waals surface area contributed by atoms with E-state index in [1.165, 1.54) is 11.1 Å². The van der Waals surface area contributed by atoms with Crippen molar-refractivity contribution < 1.29 is 4.74 Å². The molecule has 2 nitrogen and oxygen atoms in total. The summed E-state index contributed by atoms with van der Waals surface area (Å²) in [5, 5.41) is 3.65. The maximum absolute atomic E-state index is 5.43. The predicted molar refractivity (Wildman–Crippen MR) is 82.7 cm³/mol. The molecule has 1 N–H and O–H groups in total. The van der Waals surface area contributed by atoms with Crippen molar-refractivity contribution in [2.24, 2.45) is 5.41 Å². The van der Waals surface area contributed by atoms with Gasteiger partial charge in [-0.3, -0.25) is 0 Å². The fraction of sp³-hybridized carbons (Fsp3) is 0.647. The van der Waals surface area contributed by atoms with Crippen molar-refractivity contribution in [1.82, 2.24) is 5.32 Å². The Labute approximate surface area is 118 Å². The highest BCUT2D eigenvalue weighted by atomic mass is 16.5. The smallest absolute Gasteiger partial charge is 0.123 e. The van der Waals surface area contributed by atoms with Crippen molar-refractivity contribution in [2.45, 2.75) is 60.0 Å². The van der Waals surface area contributed by atoms with Crippen LogP contribution in [0.4, 0.5) is 0 Å². The highest BCUT2D eigenvalue weighted by molar-refractivity contribution is 5.36. The fourth-order valence-corrected chi connectivity index (χ4v) is 2.77. The van der Waals surface area contributed by atoms with Crippen molar-refractivity contribution in [3.05, 3.63) is 29.3 Å². The molecule has 0 aliphatic heterocycles. The first-order valence-corrected chi connectivity index (χ1v) is 7.01. The molecule has 0 fully saturated rings. The average Bonchev–Trinajstić information content (AvgIpc) is 2.23. The molecule has 2 heteroatoms. The zero-order valence-corrected chi connectivity index (χ0v) is 13.6. The third-order valence-corrected chi connectivity index (χ3v) is 3.17. The number of methoxy groups -OCH3 is 1. The Balaban J connectivity index is 2.73. The van der Waals surface area contributed by atoms with Crippen LogP contribution in [0.1, 0.15) is 52.2 Å². The summed E-state index contributed by atoms with van der Waals surface area (Å²) < 4.78 is 5.43. The maximum Gasteiger partial charge on any atom is 0.123 e. The first-order chi connectivity index (χ1) is 8.63.